The monoisotopic (exact) mass is 248 g/mol. The molecule has 0 aromatic carbocycles. The number of aliphatic hydroxyl groups excluding tert-OH is 3. The molecule has 0 spiro atoms. The molecule has 0 aromatic heterocycles. The number of carbonyl (C=O) groups is 1. The normalized spacial score (nSPS) is 13.5. The first kappa shape index (κ1) is 16.3. The molecule has 1 unspecified atom stereocenters. The van der Waals surface area contributed by atoms with E-state index in [1.54, 1.807) is 11.8 Å². The highest BCUT2D eigenvalue weighted by Gasteiger charge is 2.32. The van der Waals surface area contributed by atoms with Crippen molar-refractivity contribution in [3.63, 3.8) is 0 Å². The lowest BCUT2D eigenvalue weighted by atomic mass is 10.0. The fraction of sp³-hybridized carbons (Fsp3) is 0.909. The summed E-state index contributed by atoms with van der Waals surface area (Å²) < 4.78 is 0. The molecule has 0 aromatic rings. The summed E-state index contributed by atoms with van der Waals surface area (Å²) in [7, 11) is 0. The van der Waals surface area contributed by atoms with Gasteiger partial charge in [-0.1, -0.05) is 0 Å². The van der Waals surface area contributed by atoms with Gasteiger partial charge in [0.25, 0.3) is 0 Å². The predicted octanol–water partition coefficient (Wildman–Crippen LogP) is -1.45. The molecule has 17 heavy (non-hydrogen) atoms. The molecule has 0 saturated heterocycles. The molecule has 0 aliphatic heterocycles. The van der Waals surface area contributed by atoms with Crippen LogP contribution in [-0.4, -0.2) is 70.6 Å². The van der Waals surface area contributed by atoms with Gasteiger partial charge in [-0.15, -0.1) is 0 Å². The summed E-state index contributed by atoms with van der Waals surface area (Å²) in [5, 5.41) is 30.2. The van der Waals surface area contributed by atoms with Crippen LogP contribution in [0, 0.1) is 0 Å². The summed E-state index contributed by atoms with van der Waals surface area (Å²) >= 11 is 0. The van der Waals surface area contributed by atoms with E-state index in [9.17, 15) is 4.79 Å². The Morgan fingerprint density at radius 3 is 1.88 bits per heavy atom. The molecular weight excluding hydrogens is 224 g/mol. The SMILES string of the molecule is CCN(CC)C(=O)C(C)NC(CO)(CO)CO. The molecule has 0 heterocycles. The van der Waals surface area contributed by atoms with E-state index >= 15 is 0 Å². The lowest BCUT2D eigenvalue weighted by Crippen LogP contribution is -2.61. The molecule has 4 N–H and O–H groups in total. The summed E-state index contributed by atoms with van der Waals surface area (Å²) in [6.07, 6.45) is 0. The van der Waals surface area contributed by atoms with Gasteiger partial charge in [-0.05, 0) is 20.8 Å². The zero-order valence-corrected chi connectivity index (χ0v) is 10.8. The van der Waals surface area contributed by atoms with Gasteiger partial charge in [0.1, 0.15) is 0 Å². The highest BCUT2D eigenvalue weighted by atomic mass is 16.3. The van der Waals surface area contributed by atoms with E-state index in [1.165, 1.54) is 0 Å². The molecule has 6 nitrogen and oxygen atoms in total. The molecule has 0 radical (unpaired) electrons. The van der Waals surface area contributed by atoms with Crippen molar-refractivity contribution >= 4 is 5.91 Å². The zero-order chi connectivity index (χ0) is 13.5. The van der Waals surface area contributed by atoms with Crippen molar-refractivity contribution in [1.82, 2.24) is 10.2 Å². The first-order valence-electron chi connectivity index (χ1n) is 5.89. The Morgan fingerprint density at radius 1 is 1.18 bits per heavy atom. The maximum Gasteiger partial charge on any atom is 0.239 e. The Kier molecular flexibility index (Phi) is 7.29. The van der Waals surface area contributed by atoms with E-state index in [2.05, 4.69) is 5.32 Å². The average Bonchev–Trinajstić information content (AvgIpc) is 2.37. The number of likely N-dealkylation sites (N-methyl/N-ethyl adjacent to an activating group) is 1. The van der Waals surface area contributed by atoms with Gasteiger partial charge >= 0.3 is 0 Å². The fourth-order valence-electron chi connectivity index (χ4n) is 1.62. The van der Waals surface area contributed by atoms with Gasteiger partial charge in [0.15, 0.2) is 0 Å². The van der Waals surface area contributed by atoms with Crippen LogP contribution in [0.5, 0.6) is 0 Å². The lowest BCUT2D eigenvalue weighted by Gasteiger charge is -2.33. The van der Waals surface area contributed by atoms with Crippen molar-refractivity contribution in [2.45, 2.75) is 32.4 Å². The number of hydrogen-bond donors (Lipinski definition) is 4. The quantitative estimate of drug-likeness (QED) is 0.422. The van der Waals surface area contributed by atoms with Crippen LogP contribution in [0.3, 0.4) is 0 Å². The minimum Gasteiger partial charge on any atom is -0.394 e. The van der Waals surface area contributed by atoms with Crippen LogP contribution in [0.2, 0.25) is 0 Å². The van der Waals surface area contributed by atoms with Crippen LogP contribution in [0.15, 0.2) is 0 Å². The Morgan fingerprint density at radius 2 is 1.59 bits per heavy atom. The summed E-state index contributed by atoms with van der Waals surface area (Å²) in [6.45, 7) is 5.31. The minimum absolute atomic E-state index is 0.116. The Hall–Kier alpha value is -0.690. The summed E-state index contributed by atoms with van der Waals surface area (Å²) in [5.41, 5.74) is -1.22. The Balaban J connectivity index is 4.60. The minimum atomic E-state index is -1.22. The largest absolute Gasteiger partial charge is 0.394 e. The molecule has 1 amide bonds. The van der Waals surface area contributed by atoms with E-state index in [0.717, 1.165) is 0 Å². The second-order valence-electron chi connectivity index (χ2n) is 4.13. The topological polar surface area (TPSA) is 93.0 Å². The highest BCUT2D eigenvalue weighted by molar-refractivity contribution is 5.81. The van der Waals surface area contributed by atoms with Gasteiger partial charge in [-0.3, -0.25) is 10.1 Å². The van der Waals surface area contributed by atoms with Crippen LogP contribution in [0.1, 0.15) is 20.8 Å². The van der Waals surface area contributed by atoms with Crippen molar-refractivity contribution < 1.29 is 20.1 Å². The number of carbonyl (C=O) groups excluding carboxylic acids is 1. The first-order valence-corrected chi connectivity index (χ1v) is 5.89. The molecule has 0 bridgehead atoms. The molecule has 0 aliphatic rings. The van der Waals surface area contributed by atoms with Crippen molar-refractivity contribution in [3.05, 3.63) is 0 Å². The molecule has 0 rings (SSSR count). The number of amides is 1. The summed E-state index contributed by atoms with van der Waals surface area (Å²) in [6, 6.07) is -0.568. The van der Waals surface area contributed by atoms with E-state index in [4.69, 9.17) is 15.3 Å². The van der Waals surface area contributed by atoms with E-state index < -0.39 is 31.4 Å². The van der Waals surface area contributed by atoms with Gasteiger partial charge < -0.3 is 20.2 Å². The maximum absolute atomic E-state index is 11.9. The van der Waals surface area contributed by atoms with Gasteiger partial charge in [0.05, 0.1) is 31.4 Å². The Bertz CT molecular complexity index is 219. The highest BCUT2D eigenvalue weighted by Crippen LogP contribution is 2.05. The zero-order valence-electron chi connectivity index (χ0n) is 10.8. The molecule has 0 aliphatic carbocycles. The number of nitrogens with zero attached hydrogens (tertiary/aromatic N) is 1. The summed E-state index contributed by atoms with van der Waals surface area (Å²) in [5.74, 6) is -0.116. The smallest absolute Gasteiger partial charge is 0.239 e. The molecule has 0 fully saturated rings. The molecule has 102 valence electrons. The lowest BCUT2D eigenvalue weighted by molar-refractivity contribution is -0.133. The van der Waals surface area contributed by atoms with Gasteiger partial charge in [-0.25, -0.2) is 0 Å². The van der Waals surface area contributed by atoms with E-state index in [-0.39, 0.29) is 5.91 Å². The second-order valence-corrected chi connectivity index (χ2v) is 4.13. The first-order chi connectivity index (χ1) is 8.00. The molecule has 1 atom stereocenters. The number of nitrogens with one attached hydrogen (secondary N) is 1. The van der Waals surface area contributed by atoms with Crippen LogP contribution < -0.4 is 5.32 Å². The van der Waals surface area contributed by atoms with Crippen LogP contribution >= 0.6 is 0 Å². The fourth-order valence-corrected chi connectivity index (χ4v) is 1.62. The van der Waals surface area contributed by atoms with E-state index in [0.29, 0.717) is 13.1 Å². The maximum atomic E-state index is 11.9. The third-order valence-corrected chi connectivity index (χ3v) is 2.88. The number of hydrogen-bond acceptors (Lipinski definition) is 5. The predicted molar refractivity (Wildman–Crippen MR) is 64.5 cm³/mol. The molecular formula is C11H24N2O4. The van der Waals surface area contributed by atoms with Crippen molar-refractivity contribution in [2.75, 3.05) is 32.9 Å². The third kappa shape index (κ3) is 4.23. The van der Waals surface area contributed by atoms with E-state index in [1.807, 2.05) is 13.8 Å². The van der Waals surface area contributed by atoms with Crippen molar-refractivity contribution in [3.8, 4) is 0 Å². The second kappa shape index (κ2) is 7.60. The molecule has 0 saturated carbocycles. The number of aliphatic hydroxyl groups is 3. The third-order valence-electron chi connectivity index (χ3n) is 2.88. The Labute approximate surface area is 102 Å². The summed E-state index contributed by atoms with van der Waals surface area (Å²) in [4.78, 5) is 13.6. The van der Waals surface area contributed by atoms with Gasteiger partial charge in [0.2, 0.25) is 5.91 Å². The van der Waals surface area contributed by atoms with Crippen LogP contribution in [-0.2, 0) is 4.79 Å². The van der Waals surface area contributed by atoms with Crippen molar-refractivity contribution in [1.29, 1.82) is 0 Å². The van der Waals surface area contributed by atoms with Crippen molar-refractivity contribution in [2.24, 2.45) is 0 Å². The number of rotatable bonds is 8. The van der Waals surface area contributed by atoms with Crippen LogP contribution in [0.4, 0.5) is 0 Å². The van der Waals surface area contributed by atoms with Gasteiger partial charge in [-0.2, -0.15) is 0 Å². The molecule has 6 heteroatoms. The standard InChI is InChI=1S/C11H24N2O4/c1-4-13(5-2)10(17)9(3)12-11(6-14,7-15)8-16/h9,12,14-16H,4-8H2,1-3H3. The van der Waals surface area contributed by atoms with Gasteiger partial charge in [0, 0.05) is 13.1 Å². The van der Waals surface area contributed by atoms with Crippen LogP contribution in [0.25, 0.3) is 0 Å². The average molecular weight is 248 g/mol.